The van der Waals surface area contributed by atoms with Crippen LogP contribution in [-0.4, -0.2) is 24.6 Å². The van der Waals surface area contributed by atoms with Crippen molar-refractivity contribution in [3.63, 3.8) is 0 Å². The zero-order valence-corrected chi connectivity index (χ0v) is 12.2. The van der Waals surface area contributed by atoms with Gasteiger partial charge in [0.05, 0.1) is 5.69 Å². The van der Waals surface area contributed by atoms with Gasteiger partial charge in [-0.2, -0.15) is 0 Å². The van der Waals surface area contributed by atoms with Gasteiger partial charge in [-0.25, -0.2) is 13.8 Å². The number of carbonyl (C=O) groups is 1. The number of amides is 1. The minimum atomic E-state index is -0.556. The van der Waals surface area contributed by atoms with Crippen LogP contribution in [0.4, 0.5) is 13.9 Å². The molecule has 0 spiro atoms. The van der Waals surface area contributed by atoms with Gasteiger partial charge in [-0.15, -0.1) is 11.3 Å². The van der Waals surface area contributed by atoms with E-state index in [2.05, 4.69) is 10.3 Å². The van der Waals surface area contributed by atoms with Gasteiger partial charge in [0.2, 0.25) is 5.91 Å². The number of hydrogen-bond donors (Lipinski definition) is 1. The largest absolute Gasteiger partial charge is 0.385 e. The summed E-state index contributed by atoms with van der Waals surface area (Å²) in [6, 6.07) is 3.17. The van der Waals surface area contributed by atoms with E-state index in [1.807, 2.05) is 0 Å². The fraction of sp³-hybridized carbons (Fsp3) is 0.286. The van der Waals surface area contributed by atoms with Gasteiger partial charge in [0.15, 0.2) is 5.13 Å². The number of thiazole rings is 1. The van der Waals surface area contributed by atoms with Gasteiger partial charge in [0.25, 0.3) is 0 Å². The third kappa shape index (κ3) is 4.30. The molecule has 0 radical (unpaired) electrons. The quantitative estimate of drug-likeness (QED) is 0.831. The summed E-state index contributed by atoms with van der Waals surface area (Å²) in [5.41, 5.74) is 0.371. The Morgan fingerprint density at radius 2 is 2.24 bits per heavy atom. The van der Waals surface area contributed by atoms with Crippen LogP contribution in [0, 0.1) is 11.6 Å². The maximum atomic E-state index is 13.6. The number of ether oxygens (including phenoxy) is 1. The fourth-order valence-corrected chi connectivity index (χ4v) is 2.43. The second-order valence-corrected chi connectivity index (χ2v) is 5.16. The van der Waals surface area contributed by atoms with Crippen molar-refractivity contribution in [2.24, 2.45) is 0 Å². The normalized spacial score (nSPS) is 10.6. The number of rotatable bonds is 6. The Hall–Kier alpha value is -1.86. The van der Waals surface area contributed by atoms with Gasteiger partial charge in [0.1, 0.15) is 11.6 Å². The first-order valence-electron chi connectivity index (χ1n) is 6.30. The first-order chi connectivity index (χ1) is 10.1. The highest BCUT2D eigenvalue weighted by atomic mass is 32.1. The summed E-state index contributed by atoms with van der Waals surface area (Å²) >= 11 is 1.16. The van der Waals surface area contributed by atoms with E-state index in [0.29, 0.717) is 30.3 Å². The van der Waals surface area contributed by atoms with Crippen molar-refractivity contribution in [3.8, 4) is 11.3 Å². The molecule has 0 unspecified atom stereocenters. The van der Waals surface area contributed by atoms with E-state index in [9.17, 15) is 13.6 Å². The Morgan fingerprint density at radius 1 is 1.43 bits per heavy atom. The number of aromatic nitrogens is 1. The fourth-order valence-electron chi connectivity index (χ4n) is 1.71. The van der Waals surface area contributed by atoms with E-state index < -0.39 is 11.6 Å². The zero-order valence-electron chi connectivity index (χ0n) is 11.4. The van der Waals surface area contributed by atoms with E-state index >= 15 is 0 Å². The molecule has 0 saturated heterocycles. The second-order valence-electron chi connectivity index (χ2n) is 4.31. The van der Waals surface area contributed by atoms with Crippen molar-refractivity contribution < 1.29 is 18.3 Å². The number of anilines is 1. The molecular weight excluding hydrogens is 298 g/mol. The van der Waals surface area contributed by atoms with Gasteiger partial charge in [-0.1, -0.05) is 0 Å². The SMILES string of the molecule is COCCCC(=O)Nc1nc(-c2cc(F)ccc2F)cs1. The van der Waals surface area contributed by atoms with Crippen molar-refractivity contribution in [1.82, 2.24) is 4.98 Å². The number of carbonyl (C=O) groups excluding carboxylic acids is 1. The molecule has 2 aromatic rings. The van der Waals surface area contributed by atoms with Crippen LogP contribution in [0.25, 0.3) is 11.3 Å². The second kappa shape index (κ2) is 7.24. The third-order valence-electron chi connectivity index (χ3n) is 2.71. The molecule has 0 saturated carbocycles. The first kappa shape index (κ1) is 15.5. The number of benzene rings is 1. The molecule has 112 valence electrons. The van der Waals surface area contributed by atoms with E-state index in [1.165, 1.54) is 0 Å². The van der Waals surface area contributed by atoms with E-state index in [4.69, 9.17) is 4.74 Å². The monoisotopic (exact) mass is 312 g/mol. The highest BCUT2D eigenvalue weighted by molar-refractivity contribution is 7.14. The average molecular weight is 312 g/mol. The van der Waals surface area contributed by atoms with Gasteiger partial charge < -0.3 is 10.1 Å². The van der Waals surface area contributed by atoms with Crippen LogP contribution < -0.4 is 5.32 Å². The minimum absolute atomic E-state index is 0.0751. The van der Waals surface area contributed by atoms with Crippen LogP contribution >= 0.6 is 11.3 Å². The average Bonchev–Trinajstić information content (AvgIpc) is 2.90. The molecular formula is C14H14F2N2O2S. The summed E-state index contributed by atoms with van der Waals surface area (Å²) in [6.07, 6.45) is 0.927. The van der Waals surface area contributed by atoms with E-state index in [0.717, 1.165) is 29.5 Å². The van der Waals surface area contributed by atoms with Crippen LogP contribution in [0.15, 0.2) is 23.6 Å². The van der Waals surface area contributed by atoms with E-state index in [-0.39, 0.29) is 11.5 Å². The van der Waals surface area contributed by atoms with Crippen molar-refractivity contribution in [1.29, 1.82) is 0 Å². The molecule has 2 rings (SSSR count). The molecule has 0 aliphatic rings. The number of methoxy groups -OCH3 is 1. The van der Waals surface area contributed by atoms with Crippen molar-refractivity contribution >= 4 is 22.4 Å². The lowest BCUT2D eigenvalue weighted by molar-refractivity contribution is -0.116. The maximum absolute atomic E-state index is 13.6. The van der Waals surface area contributed by atoms with Crippen LogP contribution in [-0.2, 0) is 9.53 Å². The molecule has 7 heteroatoms. The van der Waals surface area contributed by atoms with Crippen LogP contribution in [0.1, 0.15) is 12.8 Å². The molecule has 0 aliphatic carbocycles. The Morgan fingerprint density at radius 3 is 3.00 bits per heavy atom. The van der Waals surface area contributed by atoms with Crippen molar-refractivity contribution in [2.75, 3.05) is 19.0 Å². The molecule has 21 heavy (non-hydrogen) atoms. The Bertz CT molecular complexity index is 631. The highest BCUT2D eigenvalue weighted by Crippen LogP contribution is 2.27. The molecule has 0 bridgehead atoms. The Kier molecular flexibility index (Phi) is 5.35. The molecule has 0 aliphatic heterocycles. The van der Waals surface area contributed by atoms with Crippen molar-refractivity contribution in [3.05, 3.63) is 35.2 Å². The molecule has 4 nitrogen and oxygen atoms in total. The van der Waals surface area contributed by atoms with Crippen molar-refractivity contribution in [2.45, 2.75) is 12.8 Å². The summed E-state index contributed by atoms with van der Waals surface area (Å²) in [5, 5.41) is 4.55. The Labute approximate surface area is 124 Å². The minimum Gasteiger partial charge on any atom is -0.385 e. The Balaban J connectivity index is 2.04. The van der Waals surface area contributed by atoms with E-state index in [1.54, 1.807) is 12.5 Å². The lowest BCUT2D eigenvalue weighted by Crippen LogP contribution is -2.11. The molecule has 1 aromatic carbocycles. The summed E-state index contributed by atoms with van der Waals surface area (Å²) in [6.45, 7) is 0.505. The number of nitrogens with zero attached hydrogens (tertiary/aromatic N) is 1. The smallest absolute Gasteiger partial charge is 0.226 e. The maximum Gasteiger partial charge on any atom is 0.226 e. The number of hydrogen-bond acceptors (Lipinski definition) is 4. The van der Waals surface area contributed by atoms with Gasteiger partial charge >= 0.3 is 0 Å². The van der Waals surface area contributed by atoms with Crippen LogP contribution in [0.5, 0.6) is 0 Å². The predicted molar refractivity (Wildman–Crippen MR) is 77.2 cm³/mol. The number of halogens is 2. The number of nitrogens with one attached hydrogen (secondary N) is 1. The summed E-state index contributed by atoms with van der Waals surface area (Å²) < 4.78 is 31.6. The lowest BCUT2D eigenvalue weighted by Gasteiger charge is -2.01. The lowest BCUT2D eigenvalue weighted by atomic mass is 10.1. The van der Waals surface area contributed by atoms with Gasteiger partial charge in [-0.3, -0.25) is 4.79 Å². The topological polar surface area (TPSA) is 51.2 Å². The molecule has 1 amide bonds. The molecule has 0 atom stereocenters. The van der Waals surface area contributed by atoms with Crippen LogP contribution in [0.2, 0.25) is 0 Å². The van der Waals surface area contributed by atoms with Gasteiger partial charge in [-0.05, 0) is 24.6 Å². The predicted octanol–water partition coefficient (Wildman–Crippen LogP) is 3.45. The van der Waals surface area contributed by atoms with Gasteiger partial charge in [0, 0.05) is 31.1 Å². The molecule has 1 aromatic heterocycles. The molecule has 1 heterocycles. The molecule has 0 fully saturated rings. The zero-order chi connectivity index (χ0) is 15.2. The standard InChI is InChI=1S/C14H14F2N2O2S/c1-20-6-2-3-13(19)18-14-17-12(8-21-14)10-7-9(15)4-5-11(10)16/h4-5,7-8H,2-3,6H2,1H3,(H,17,18,19). The summed E-state index contributed by atoms with van der Waals surface area (Å²) in [5.74, 6) is -1.28. The summed E-state index contributed by atoms with van der Waals surface area (Å²) in [7, 11) is 1.57. The highest BCUT2D eigenvalue weighted by Gasteiger charge is 2.12. The first-order valence-corrected chi connectivity index (χ1v) is 7.18. The molecule has 1 N–H and O–H groups in total. The summed E-state index contributed by atoms with van der Waals surface area (Å²) in [4.78, 5) is 15.7. The van der Waals surface area contributed by atoms with Crippen LogP contribution in [0.3, 0.4) is 0 Å². The third-order valence-corrected chi connectivity index (χ3v) is 3.46.